The predicted octanol–water partition coefficient (Wildman–Crippen LogP) is 5.72. The molecule has 3 aliphatic rings. The van der Waals surface area contributed by atoms with Crippen LogP contribution in [0.4, 0.5) is 18.9 Å². The van der Waals surface area contributed by atoms with E-state index in [4.69, 9.17) is 11.6 Å². The Balaban J connectivity index is 1.17. The zero-order valence-electron chi connectivity index (χ0n) is 20.9. The minimum absolute atomic E-state index is 0.157. The first-order valence-corrected chi connectivity index (χ1v) is 13.5. The molecule has 0 aromatic heterocycles. The number of halogens is 4. The number of para-hydroxylation sites is 2. The highest BCUT2D eigenvalue weighted by molar-refractivity contribution is 6.30. The van der Waals surface area contributed by atoms with Gasteiger partial charge in [0.15, 0.2) is 5.75 Å². The average molecular weight is 536 g/mol. The van der Waals surface area contributed by atoms with Gasteiger partial charge in [-0.05, 0) is 61.4 Å². The summed E-state index contributed by atoms with van der Waals surface area (Å²) in [6, 6.07) is 14.1. The molecule has 2 aliphatic heterocycles. The Morgan fingerprint density at radius 1 is 0.973 bits per heavy atom. The van der Waals surface area contributed by atoms with Crippen LogP contribution in [0.25, 0.3) is 0 Å². The molecule has 0 spiro atoms. The lowest BCUT2D eigenvalue weighted by Gasteiger charge is -2.46. The number of rotatable bonds is 6. The third kappa shape index (κ3) is 5.85. The lowest BCUT2D eigenvalue weighted by molar-refractivity contribution is -0.274. The molecule has 5 nitrogen and oxygen atoms in total. The van der Waals surface area contributed by atoms with Gasteiger partial charge in [0, 0.05) is 50.8 Å². The number of anilines is 1. The molecule has 200 valence electrons. The number of piperidine rings is 1. The maximum Gasteiger partial charge on any atom is 0.573 e. The van der Waals surface area contributed by atoms with Crippen LogP contribution < -0.4 is 9.64 Å². The van der Waals surface area contributed by atoms with Gasteiger partial charge in [0.05, 0.1) is 11.1 Å². The first-order chi connectivity index (χ1) is 17.7. The molecule has 2 heterocycles. The van der Waals surface area contributed by atoms with Gasteiger partial charge in [-0.25, -0.2) is 0 Å². The molecule has 1 aliphatic carbocycles. The number of benzene rings is 2. The second-order valence-electron chi connectivity index (χ2n) is 10.5. The minimum Gasteiger partial charge on any atom is -0.404 e. The fraction of sp³-hybridized carbons (Fsp3) is 0.536. The summed E-state index contributed by atoms with van der Waals surface area (Å²) < 4.78 is 42.7. The molecular weight excluding hydrogens is 503 g/mol. The Morgan fingerprint density at radius 3 is 2.32 bits per heavy atom. The molecule has 2 aromatic rings. The average Bonchev–Trinajstić information content (AvgIpc) is 2.85. The second-order valence-corrected chi connectivity index (χ2v) is 10.9. The summed E-state index contributed by atoms with van der Waals surface area (Å²) in [6.45, 7) is 5.25. The second kappa shape index (κ2) is 10.7. The number of carbonyl (C=O) groups is 1. The molecule has 1 unspecified atom stereocenters. The molecule has 2 saturated heterocycles. The van der Waals surface area contributed by atoms with Crippen molar-refractivity contribution in [3.05, 3.63) is 59.1 Å². The highest BCUT2D eigenvalue weighted by Crippen LogP contribution is 2.46. The van der Waals surface area contributed by atoms with Gasteiger partial charge in [-0.15, -0.1) is 13.2 Å². The lowest BCUT2D eigenvalue weighted by Crippen LogP contribution is -2.55. The van der Waals surface area contributed by atoms with E-state index in [1.54, 1.807) is 18.2 Å². The minimum atomic E-state index is -4.71. The molecular formula is C28H33ClF3N3O2. The molecule has 1 amide bonds. The van der Waals surface area contributed by atoms with E-state index in [9.17, 15) is 18.0 Å². The van der Waals surface area contributed by atoms with Gasteiger partial charge in [-0.1, -0.05) is 42.3 Å². The van der Waals surface area contributed by atoms with Gasteiger partial charge in [0.2, 0.25) is 5.91 Å². The zero-order valence-corrected chi connectivity index (χ0v) is 21.6. The van der Waals surface area contributed by atoms with Gasteiger partial charge in [-0.2, -0.15) is 0 Å². The van der Waals surface area contributed by atoms with E-state index in [0.717, 1.165) is 70.4 Å². The number of piperazine rings is 1. The summed E-state index contributed by atoms with van der Waals surface area (Å²) in [5.74, 6) is 0.486. The van der Waals surface area contributed by atoms with Crippen LogP contribution in [0.3, 0.4) is 0 Å². The van der Waals surface area contributed by atoms with Crippen molar-refractivity contribution in [2.45, 2.75) is 43.9 Å². The van der Waals surface area contributed by atoms with Crippen LogP contribution in [0.15, 0.2) is 48.5 Å². The third-order valence-corrected chi connectivity index (χ3v) is 8.39. The molecule has 37 heavy (non-hydrogen) atoms. The lowest BCUT2D eigenvalue weighted by atomic mass is 9.63. The Kier molecular flexibility index (Phi) is 7.59. The summed E-state index contributed by atoms with van der Waals surface area (Å²) in [7, 11) is 0. The van der Waals surface area contributed by atoms with E-state index in [1.165, 1.54) is 6.07 Å². The predicted molar refractivity (Wildman–Crippen MR) is 138 cm³/mol. The van der Waals surface area contributed by atoms with Gasteiger partial charge < -0.3 is 14.5 Å². The van der Waals surface area contributed by atoms with Crippen molar-refractivity contribution in [2.75, 3.05) is 50.7 Å². The van der Waals surface area contributed by atoms with Crippen LogP contribution in [0.2, 0.25) is 5.02 Å². The number of likely N-dealkylation sites (tertiary alicyclic amines) is 1. The van der Waals surface area contributed by atoms with E-state index in [1.807, 2.05) is 29.2 Å². The first kappa shape index (κ1) is 26.2. The highest BCUT2D eigenvalue weighted by Gasteiger charge is 2.48. The monoisotopic (exact) mass is 535 g/mol. The topological polar surface area (TPSA) is 36.0 Å². The van der Waals surface area contributed by atoms with Gasteiger partial charge in [0.1, 0.15) is 0 Å². The van der Waals surface area contributed by atoms with E-state index >= 15 is 0 Å². The van der Waals surface area contributed by atoms with Crippen molar-refractivity contribution >= 4 is 23.2 Å². The van der Waals surface area contributed by atoms with Crippen LogP contribution in [-0.4, -0.2) is 67.9 Å². The molecule has 5 rings (SSSR count). The summed E-state index contributed by atoms with van der Waals surface area (Å²) in [5.41, 5.74) is 1.13. The highest BCUT2D eigenvalue weighted by atomic mass is 35.5. The molecule has 0 radical (unpaired) electrons. The Bertz CT molecular complexity index is 1080. The van der Waals surface area contributed by atoms with Crippen LogP contribution in [0.1, 0.15) is 37.7 Å². The van der Waals surface area contributed by atoms with E-state index in [0.29, 0.717) is 29.7 Å². The van der Waals surface area contributed by atoms with Crippen molar-refractivity contribution in [3.8, 4) is 5.75 Å². The van der Waals surface area contributed by atoms with Crippen LogP contribution >= 0.6 is 11.6 Å². The molecule has 2 aromatic carbocycles. The molecule has 1 saturated carbocycles. The van der Waals surface area contributed by atoms with Crippen molar-refractivity contribution < 1.29 is 22.7 Å². The number of amides is 1. The van der Waals surface area contributed by atoms with Gasteiger partial charge >= 0.3 is 6.36 Å². The Hall–Kier alpha value is -2.45. The number of carbonyl (C=O) groups excluding carboxylic acids is 1. The zero-order chi connectivity index (χ0) is 26.0. The smallest absolute Gasteiger partial charge is 0.404 e. The molecule has 0 bridgehead atoms. The first-order valence-electron chi connectivity index (χ1n) is 13.1. The van der Waals surface area contributed by atoms with Gasteiger partial charge in [0.25, 0.3) is 0 Å². The van der Waals surface area contributed by atoms with Crippen LogP contribution in [0, 0.1) is 5.92 Å². The Morgan fingerprint density at radius 2 is 1.68 bits per heavy atom. The molecule has 9 heteroatoms. The van der Waals surface area contributed by atoms with E-state index in [-0.39, 0.29) is 11.7 Å². The maximum atomic E-state index is 13.7. The maximum absolute atomic E-state index is 13.7. The largest absolute Gasteiger partial charge is 0.573 e. The van der Waals surface area contributed by atoms with Gasteiger partial charge in [-0.3, -0.25) is 9.69 Å². The number of ether oxygens (including phenoxy) is 1. The van der Waals surface area contributed by atoms with Crippen LogP contribution in [0.5, 0.6) is 5.75 Å². The number of nitrogens with zero attached hydrogens (tertiary/aromatic N) is 3. The fourth-order valence-electron chi connectivity index (χ4n) is 6.09. The van der Waals surface area contributed by atoms with Crippen molar-refractivity contribution in [3.63, 3.8) is 0 Å². The number of alkyl halides is 3. The quantitative estimate of drug-likeness (QED) is 0.474. The molecule has 3 fully saturated rings. The number of hydrogen-bond donors (Lipinski definition) is 0. The van der Waals surface area contributed by atoms with Crippen molar-refractivity contribution in [1.82, 2.24) is 9.80 Å². The summed E-state index contributed by atoms with van der Waals surface area (Å²) in [6.07, 6.45) is 0.197. The molecule has 1 atom stereocenters. The van der Waals surface area contributed by atoms with E-state index < -0.39 is 11.8 Å². The number of hydrogen-bond acceptors (Lipinski definition) is 4. The third-order valence-electron chi connectivity index (χ3n) is 8.14. The van der Waals surface area contributed by atoms with E-state index in [2.05, 4.69) is 14.5 Å². The fourth-order valence-corrected chi connectivity index (χ4v) is 6.22. The molecule has 0 N–H and O–H groups in total. The SMILES string of the molecule is O=C(N1CCCC(CN2CCN(c3ccccc3OC(F)(F)F)CC2)C1)C1(c2ccc(Cl)cc2)CCC1. The normalized spacial score (nSPS) is 22.4. The van der Waals surface area contributed by atoms with Crippen molar-refractivity contribution in [1.29, 1.82) is 0 Å². The summed E-state index contributed by atoms with van der Waals surface area (Å²) in [4.78, 5) is 20.1. The van der Waals surface area contributed by atoms with Crippen molar-refractivity contribution in [2.24, 2.45) is 5.92 Å². The standard InChI is InChI=1S/C28H33ClF3N3O2/c29-23-10-8-22(9-11-23)27(12-4-13-27)26(36)35-14-3-5-21(20-35)19-33-15-17-34(18-16-33)24-6-1-2-7-25(24)37-28(30,31)32/h1-2,6-11,21H,3-5,12-20H2. The summed E-state index contributed by atoms with van der Waals surface area (Å²) in [5, 5.41) is 0.681. The Labute approximate surface area is 221 Å². The summed E-state index contributed by atoms with van der Waals surface area (Å²) >= 11 is 6.09. The van der Waals surface area contributed by atoms with Crippen LogP contribution in [-0.2, 0) is 10.2 Å².